The summed E-state index contributed by atoms with van der Waals surface area (Å²) in [6.45, 7) is 1.71. The van der Waals surface area contributed by atoms with Crippen LogP contribution >= 0.6 is 23.2 Å². The summed E-state index contributed by atoms with van der Waals surface area (Å²) in [5, 5.41) is 14.7. The van der Waals surface area contributed by atoms with Crippen LogP contribution in [0.2, 0.25) is 10.3 Å². The second-order valence-corrected chi connectivity index (χ2v) is 7.32. The van der Waals surface area contributed by atoms with Gasteiger partial charge >= 0.3 is 5.69 Å². The van der Waals surface area contributed by atoms with Gasteiger partial charge in [0.25, 0.3) is 5.56 Å². The van der Waals surface area contributed by atoms with Crippen molar-refractivity contribution in [1.29, 1.82) is 0 Å². The monoisotopic (exact) mass is 456 g/mol. The van der Waals surface area contributed by atoms with Gasteiger partial charge in [0.2, 0.25) is 11.1 Å². The maximum Gasteiger partial charge on any atom is 0.329 e. The van der Waals surface area contributed by atoms with Gasteiger partial charge in [0.1, 0.15) is 12.0 Å². The van der Waals surface area contributed by atoms with Crippen molar-refractivity contribution >= 4 is 45.6 Å². The van der Waals surface area contributed by atoms with E-state index in [1.54, 1.807) is 49.4 Å². The van der Waals surface area contributed by atoms with Gasteiger partial charge in [0, 0.05) is 0 Å². The Hall–Kier alpha value is -3.56. The first kappa shape index (κ1) is 20.7. The Kier molecular flexibility index (Phi) is 5.53. The summed E-state index contributed by atoms with van der Waals surface area (Å²) in [5.41, 5.74) is 0.263. The molecule has 0 saturated heterocycles. The molecule has 4 rings (SSSR count). The summed E-state index contributed by atoms with van der Waals surface area (Å²) in [4.78, 5) is 36.4. The Morgan fingerprint density at radius 2 is 1.84 bits per heavy atom. The second kappa shape index (κ2) is 8.29. The molecule has 2 heterocycles. The number of aromatic nitrogens is 4. The van der Waals surface area contributed by atoms with Crippen LogP contribution in [-0.4, -0.2) is 24.4 Å². The molecule has 0 fully saturated rings. The minimum Gasteiger partial charge on any atom is -0.355 e. The molecular formula is C20H14Cl2N6O3. The topological polar surface area (TPSA) is 116 Å². The van der Waals surface area contributed by atoms with E-state index >= 15 is 0 Å². The van der Waals surface area contributed by atoms with E-state index in [9.17, 15) is 14.9 Å². The predicted molar refractivity (Wildman–Crippen MR) is 118 cm³/mol. The summed E-state index contributed by atoms with van der Waals surface area (Å²) in [6, 6.07) is 13.2. The number of anilines is 1. The highest BCUT2D eigenvalue weighted by Crippen LogP contribution is 2.28. The van der Waals surface area contributed by atoms with Crippen molar-refractivity contribution in [2.75, 3.05) is 5.32 Å². The number of benzene rings is 2. The van der Waals surface area contributed by atoms with Crippen molar-refractivity contribution < 1.29 is 4.92 Å². The molecule has 9 nitrogen and oxygen atoms in total. The first-order valence-electron chi connectivity index (χ1n) is 9.07. The summed E-state index contributed by atoms with van der Waals surface area (Å²) in [6.07, 6.45) is 1.02. The Morgan fingerprint density at radius 1 is 1.10 bits per heavy atom. The molecule has 0 aliphatic carbocycles. The van der Waals surface area contributed by atoms with Crippen LogP contribution in [0.4, 0.5) is 11.5 Å². The number of nitrogens with one attached hydrogen (secondary N) is 1. The largest absolute Gasteiger partial charge is 0.355 e. The number of nitrogens with zero attached hydrogens (tertiary/aromatic N) is 5. The number of hydrogen-bond donors (Lipinski definition) is 1. The van der Waals surface area contributed by atoms with Crippen LogP contribution < -0.4 is 10.9 Å². The van der Waals surface area contributed by atoms with E-state index in [0.717, 1.165) is 6.20 Å². The minimum absolute atomic E-state index is 0.0856. The van der Waals surface area contributed by atoms with Gasteiger partial charge in [-0.1, -0.05) is 35.9 Å². The molecule has 1 N–H and O–H groups in total. The quantitative estimate of drug-likeness (QED) is 0.265. The highest BCUT2D eigenvalue weighted by atomic mass is 35.5. The normalized spacial score (nSPS) is 12.0. The van der Waals surface area contributed by atoms with Gasteiger partial charge in [-0.15, -0.1) is 0 Å². The van der Waals surface area contributed by atoms with E-state index in [-0.39, 0.29) is 32.8 Å². The third-order valence-electron chi connectivity index (χ3n) is 4.56. The molecule has 0 aliphatic rings. The molecule has 0 unspecified atom stereocenters. The third-order valence-corrected chi connectivity index (χ3v) is 5.06. The van der Waals surface area contributed by atoms with E-state index in [0.29, 0.717) is 17.0 Å². The van der Waals surface area contributed by atoms with Gasteiger partial charge in [-0.2, -0.15) is 4.98 Å². The lowest BCUT2D eigenvalue weighted by atomic mass is 10.2. The second-order valence-electron chi connectivity index (χ2n) is 6.58. The summed E-state index contributed by atoms with van der Waals surface area (Å²) in [5.74, 6) is 0.229. The molecule has 4 aromatic rings. The molecule has 0 spiro atoms. The lowest BCUT2D eigenvalue weighted by Gasteiger charge is -2.20. The van der Waals surface area contributed by atoms with Crippen molar-refractivity contribution in [3.05, 3.63) is 91.3 Å². The van der Waals surface area contributed by atoms with Crippen LogP contribution in [0.5, 0.6) is 0 Å². The van der Waals surface area contributed by atoms with Crippen LogP contribution in [0.15, 0.2) is 59.5 Å². The number of halogens is 2. The standard InChI is InChI=1S/C20H14Cl2N6O3/c1-11(24-17-15(28(30)31)10-23-20(22)26-17)18-25-14-9-5-8-13(21)16(14)19(29)27(18)12-6-3-2-4-7-12/h2-11H,1H3,(H,23,24,26)/t11-/m1/s1. The fraction of sp³-hybridized carbons (Fsp3) is 0.100. The molecule has 2 aromatic carbocycles. The number of para-hydroxylation sites is 1. The van der Waals surface area contributed by atoms with E-state index in [1.165, 1.54) is 4.57 Å². The Labute approximate surface area is 185 Å². The smallest absolute Gasteiger partial charge is 0.329 e. The summed E-state index contributed by atoms with van der Waals surface area (Å²) in [7, 11) is 0. The van der Waals surface area contributed by atoms with Gasteiger partial charge in [0.15, 0.2) is 0 Å². The fourth-order valence-electron chi connectivity index (χ4n) is 3.19. The lowest BCUT2D eigenvalue weighted by Crippen LogP contribution is -2.27. The zero-order valence-corrected chi connectivity index (χ0v) is 17.5. The Balaban J connectivity index is 1.92. The van der Waals surface area contributed by atoms with E-state index < -0.39 is 11.0 Å². The van der Waals surface area contributed by atoms with Crippen molar-refractivity contribution in [3.63, 3.8) is 0 Å². The minimum atomic E-state index is -0.666. The summed E-state index contributed by atoms with van der Waals surface area (Å²) >= 11 is 12.1. The molecule has 156 valence electrons. The molecule has 0 amide bonds. The van der Waals surface area contributed by atoms with Crippen molar-refractivity contribution in [2.24, 2.45) is 0 Å². The van der Waals surface area contributed by atoms with Gasteiger partial charge < -0.3 is 5.32 Å². The third kappa shape index (κ3) is 3.92. The molecule has 31 heavy (non-hydrogen) atoms. The van der Waals surface area contributed by atoms with E-state index in [2.05, 4.69) is 20.3 Å². The molecule has 0 radical (unpaired) electrons. The van der Waals surface area contributed by atoms with Crippen LogP contribution in [-0.2, 0) is 0 Å². The first-order valence-corrected chi connectivity index (χ1v) is 9.82. The average molecular weight is 457 g/mol. The molecule has 11 heteroatoms. The molecule has 2 aromatic heterocycles. The number of hydrogen-bond acceptors (Lipinski definition) is 7. The molecule has 0 bridgehead atoms. The molecule has 1 atom stereocenters. The van der Waals surface area contributed by atoms with E-state index in [1.807, 2.05) is 6.07 Å². The highest BCUT2D eigenvalue weighted by molar-refractivity contribution is 6.35. The van der Waals surface area contributed by atoms with Gasteiger partial charge in [-0.3, -0.25) is 19.5 Å². The van der Waals surface area contributed by atoms with Crippen LogP contribution in [0.25, 0.3) is 16.6 Å². The van der Waals surface area contributed by atoms with Gasteiger partial charge in [-0.05, 0) is 42.8 Å². The highest BCUT2D eigenvalue weighted by Gasteiger charge is 2.23. The number of nitro groups is 1. The Morgan fingerprint density at radius 3 is 2.55 bits per heavy atom. The van der Waals surface area contributed by atoms with Crippen LogP contribution in [0.1, 0.15) is 18.8 Å². The zero-order valence-electron chi connectivity index (χ0n) is 16.0. The lowest BCUT2D eigenvalue weighted by molar-refractivity contribution is -0.384. The van der Waals surface area contributed by atoms with Crippen molar-refractivity contribution in [2.45, 2.75) is 13.0 Å². The zero-order chi connectivity index (χ0) is 22.1. The fourth-order valence-corrected chi connectivity index (χ4v) is 3.57. The van der Waals surface area contributed by atoms with E-state index in [4.69, 9.17) is 23.2 Å². The summed E-state index contributed by atoms with van der Waals surface area (Å²) < 4.78 is 1.42. The average Bonchev–Trinajstić information content (AvgIpc) is 2.74. The maximum atomic E-state index is 13.4. The Bertz CT molecular complexity index is 1360. The number of rotatable bonds is 5. The van der Waals surface area contributed by atoms with Gasteiger partial charge in [-0.25, -0.2) is 9.97 Å². The van der Waals surface area contributed by atoms with Gasteiger partial charge in [0.05, 0.1) is 32.6 Å². The van der Waals surface area contributed by atoms with Crippen molar-refractivity contribution in [3.8, 4) is 5.69 Å². The molecule has 0 aliphatic heterocycles. The maximum absolute atomic E-state index is 13.4. The first-order chi connectivity index (χ1) is 14.9. The molecule has 0 saturated carbocycles. The predicted octanol–water partition coefficient (Wildman–Crippen LogP) is 4.56. The van der Waals surface area contributed by atoms with Crippen LogP contribution in [0, 0.1) is 10.1 Å². The molecular weight excluding hydrogens is 443 g/mol. The SMILES string of the molecule is C[C@@H](Nc1nc(Cl)ncc1[N+](=O)[O-])c1nc2cccc(Cl)c2c(=O)n1-c1ccccc1. The van der Waals surface area contributed by atoms with Crippen molar-refractivity contribution in [1.82, 2.24) is 19.5 Å². The number of fused-ring (bicyclic) bond motifs is 1. The van der Waals surface area contributed by atoms with Crippen LogP contribution in [0.3, 0.4) is 0 Å².